The molecule has 0 amide bonds. The van der Waals surface area contributed by atoms with Crippen molar-refractivity contribution in [2.24, 2.45) is 0 Å². The number of nitrogens with zero attached hydrogens (tertiary/aromatic N) is 2. The summed E-state index contributed by atoms with van der Waals surface area (Å²) in [7, 11) is 0. The predicted octanol–water partition coefficient (Wildman–Crippen LogP) is 9.06. The SMILES string of the molecule is CCC[CH2][Sn]([CH2]CCC)([O]c1ccc([N+](=O)[O-])cc1)[O][Sn]([CH2]CCC)([CH2]CCC)[O]c1ccc([N+](=O)[O-])cc1. The Morgan fingerprint density at radius 1 is 0.564 bits per heavy atom. The minimum absolute atomic E-state index is 0.0344. The normalized spacial score (nSPS) is 11.8. The van der Waals surface area contributed by atoms with Gasteiger partial charge in [-0.15, -0.1) is 0 Å². The third kappa shape index (κ3) is 11.1. The van der Waals surface area contributed by atoms with E-state index < -0.39 is 48.3 Å². The fourth-order valence-electron chi connectivity index (χ4n) is 4.52. The molecule has 0 aliphatic rings. The van der Waals surface area contributed by atoms with E-state index in [9.17, 15) is 20.2 Å². The van der Waals surface area contributed by atoms with Crippen molar-refractivity contribution in [3.63, 3.8) is 0 Å². The number of unbranched alkanes of at least 4 members (excludes halogenated alkanes) is 4. The second-order valence-electron chi connectivity index (χ2n) is 10.0. The van der Waals surface area contributed by atoms with Gasteiger partial charge in [0, 0.05) is 0 Å². The average molecular weight is 758 g/mol. The van der Waals surface area contributed by atoms with Gasteiger partial charge in [-0.1, -0.05) is 0 Å². The Hall–Kier alpha value is -1.60. The second kappa shape index (κ2) is 17.3. The Kier molecular flexibility index (Phi) is 14.9. The molecule has 0 saturated heterocycles. The van der Waals surface area contributed by atoms with Crippen LogP contribution in [0.2, 0.25) is 17.7 Å². The van der Waals surface area contributed by atoms with Gasteiger partial charge in [-0.25, -0.2) is 0 Å². The van der Waals surface area contributed by atoms with Gasteiger partial charge in [0.15, 0.2) is 0 Å². The van der Waals surface area contributed by atoms with Crippen LogP contribution in [0.1, 0.15) is 79.1 Å². The summed E-state index contributed by atoms with van der Waals surface area (Å²) in [5.74, 6) is 1.26. The van der Waals surface area contributed by atoms with Crippen LogP contribution < -0.4 is 6.15 Å². The van der Waals surface area contributed by atoms with E-state index in [1.807, 2.05) is 0 Å². The summed E-state index contributed by atoms with van der Waals surface area (Å²) in [5.41, 5.74) is 0.0687. The molecule has 0 atom stereocenters. The summed E-state index contributed by atoms with van der Waals surface area (Å²) in [6, 6.07) is 12.7. The zero-order valence-corrected chi connectivity index (χ0v) is 29.6. The van der Waals surface area contributed by atoms with Crippen LogP contribution in [0.4, 0.5) is 11.4 Å². The van der Waals surface area contributed by atoms with Gasteiger partial charge in [0.05, 0.1) is 0 Å². The third-order valence-corrected chi connectivity index (χ3v) is 39.3. The van der Waals surface area contributed by atoms with Gasteiger partial charge in [-0.2, -0.15) is 0 Å². The van der Waals surface area contributed by atoms with Gasteiger partial charge in [-0.3, -0.25) is 0 Å². The molecule has 0 heterocycles. The van der Waals surface area contributed by atoms with Crippen molar-refractivity contribution in [1.82, 2.24) is 0 Å². The van der Waals surface area contributed by atoms with Crippen molar-refractivity contribution < 1.29 is 17.4 Å². The van der Waals surface area contributed by atoms with Gasteiger partial charge in [-0.05, 0) is 0 Å². The third-order valence-electron chi connectivity index (χ3n) is 6.72. The van der Waals surface area contributed by atoms with Crippen molar-refractivity contribution in [2.75, 3.05) is 0 Å². The molecule has 2 aromatic carbocycles. The second-order valence-corrected chi connectivity index (χ2v) is 31.8. The van der Waals surface area contributed by atoms with Crippen molar-refractivity contribution in [2.45, 2.75) is 96.8 Å². The molecule has 39 heavy (non-hydrogen) atoms. The molecule has 0 unspecified atom stereocenters. The van der Waals surface area contributed by atoms with E-state index in [0.29, 0.717) is 11.5 Å². The van der Waals surface area contributed by atoms with Gasteiger partial charge in [0.2, 0.25) is 0 Å². The fourth-order valence-corrected chi connectivity index (χ4v) is 46.3. The zero-order valence-electron chi connectivity index (χ0n) is 23.9. The first-order valence-electron chi connectivity index (χ1n) is 14.3. The van der Waals surface area contributed by atoms with Gasteiger partial charge >= 0.3 is 244 Å². The van der Waals surface area contributed by atoms with Crippen LogP contribution in [0, 0.1) is 20.2 Å². The molecule has 2 aromatic rings. The Morgan fingerprint density at radius 2 is 0.846 bits per heavy atom. The molecule has 0 saturated carbocycles. The number of rotatable bonds is 20. The number of hydrogen-bond acceptors (Lipinski definition) is 7. The maximum absolute atomic E-state index is 11.2. The maximum atomic E-state index is 11.2. The Labute approximate surface area is 242 Å². The molecular formula is C28H44N2O7Sn2. The Morgan fingerprint density at radius 3 is 1.08 bits per heavy atom. The molecule has 216 valence electrons. The van der Waals surface area contributed by atoms with Gasteiger partial charge in [0.25, 0.3) is 0 Å². The summed E-state index contributed by atoms with van der Waals surface area (Å²) in [6.07, 6.45) is 8.06. The predicted molar refractivity (Wildman–Crippen MR) is 159 cm³/mol. The average Bonchev–Trinajstić information content (AvgIpc) is 2.93. The minimum atomic E-state index is -3.84. The van der Waals surface area contributed by atoms with Crippen molar-refractivity contribution in [3.8, 4) is 11.5 Å². The number of hydrogen-bond donors (Lipinski definition) is 0. The monoisotopic (exact) mass is 760 g/mol. The number of nitro benzene ring substituents is 2. The van der Waals surface area contributed by atoms with Crippen LogP contribution in [-0.4, -0.2) is 48.3 Å². The van der Waals surface area contributed by atoms with Crippen molar-refractivity contribution in [3.05, 3.63) is 68.8 Å². The molecule has 0 fully saturated rings. The molecule has 0 radical (unpaired) electrons. The van der Waals surface area contributed by atoms with E-state index in [1.54, 1.807) is 24.3 Å². The molecule has 0 bridgehead atoms. The Balaban J connectivity index is 2.55. The zero-order chi connectivity index (χ0) is 28.7. The molecule has 11 heteroatoms. The van der Waals surface area contributed by atoms with E-state index in [4.69, 9.17) is 7.56 Å². The van der Waals surface area contributed by atoms with E-state index in [0.717, 1.165) is 69.1 Å². The first kappa shape index (κ1) is 33.6. The molecular weight excluding hydrogens is 714 g/mol. The quantitative estimate of drug-likeness (QED) is 0.0752. The van der Waals surface area contributed by atoms with Crippen LogP contribution in [0.5, 0.6) is 11.5 Å². The fraction of sp³-hybridized carbons (Fsp3) is 0.571. The molecule has 0 aromatic heterocycles. The summed E-state index contributed by atoms with van der Waals surface area (Å²) < 4.78 is 24.9. The van der Waals surface area contributed by atoms with Crippen molar-refractivity contribution >= 4 is 49.8 Å². The number of benzene rings is 2. The Bertz CT molecular complexity index is 922. The molecule has 0 aliphatic carbocycles. The standard InChI is InChI=1S/2C6H5NO3.4C4H9.O.2Sn/c2*8-6-3-1-5(2-4-6)7(9)10;4*1-3-4-2;;;/h2*1-4,8H;4*1,3-4H2,2H3;;;/q;;;;;;;2*+1/p-2. The first-order chi connectivity index (χ1) is 18.7. The summed E-state index contributed by atoms with van der Waals surface area (Å²) >= 11 is -7.68. The summed E-state index contributed by atoms with van der Waals surface area (Å²) in [6.45, 7) is 8.67. The van der Waals surface area contributed by atoms with E-state index >= 15 is 0 Å². The van der Waals surface area contributed by atoms with Crippen molar-refractivity contribution in [1.29, 1.82) is 0 Å². The van der Waals surface area contributed by atoms with Gasteiger partial charge in [0.1, 0.15) is 0 Å². The van der Waals surface area contributed by atoms with E-state index in [2.05, 4.69) is 27.7 Å². The topological polar surface area (TPSA) is 114 Å². The molecule has 0 aliphatic heterocycles. The van der Waals surface area contributed by atoms with E-state index in [1.165, 1.54) is 24.3 Å². The number of nitro groups is 2. The molecule has 0 N–H and O–H groups in total. The van der Waals surface area contributed by atoms with Crippen LogP contribution in [-0.2, 0) is 1.41 Å². The molecule has 0 spiro atoms. The molecule has 9 nitrogen and oxygen atoms in total. The summed E-state index contributed by atoms with van der Waals surface area (Å²) in [4.78, 5) is 21.6. The summed E-state index contributed by atoms with van der Waals surface area (Å²) in [5, 5.41) is 22.4. The number of non-ortho nitro benzene ring substituents is 2. The molecule has 2 rings (SSSR count). The van der Waals surface area contributed by atoms with E-state index in [-0.39, 0.29) is 11.4 Å². The van der Waals surface area contributed by atoms with Crippen LogP contribution in [0.25, 0.3) is 0 Å². The van der Waals surface area contributed by atoms with Crippen LogP contribution in [0.3, 0.4) is 0 Å². The van der Waals surface area contributed by atoms with Crippen LogP contribution in [0.15, 0.2) is 48.5 Å². The van der Waals surface area contributed by atoms with Gasteiger partial charge < -0.3 is 0 Å². The first-order valence-corrected chi connectivity index (χ1v) is 27.0. The van der Waals surface area contributed by atoms with Crippen LogP contribution >= 0.6 is 0 Å².